The van der Waals surface area contributed by atoms with Gasteiger partial charge in [-0.15, -0.1) is 0 Å². The van der Waals surface area contributed by atoms with Crippen LogP contribution in [0.1, 0.15) is 47.2 Å². The molecule has 0 spiro atoms. The molecule has 0 saturated carbocycles. The predicted molar refractivity (Wildman–Crippen MR) is 218 cm³/mol. The second-order valence-electron chi connectivity index (χ2n) is 14.2. The van der Waals surface area contributed by atoms with E-state index in [2.05, 4.69) is 182 Å². The molecule has 0 radical (unpaired) electrons. The van der Waals surface area contributed by atoms with Crippen molar-refractivity contribution in [3.63, 3.8) is 0 Å². The summed E-state index contributed by atoms with van der Waals surface area (Å²) in [7, 11) is 0. The Kier molecular flexibility index (Phi) is 7.83. The molecule has 0 saturated heterocycles. The van der Waals surface area contributed by atoms with Crippen LogP contribution in [0.3, 0.4) is 0 Å². The molecule has 2 heterocycles. The van der Waals surface area contributed by atoms with Crippen molar-refractivity contribution < 1.29 is 0 Å². The van der Waals surface area contributed by atoms with Crippen LogP contribution in [0.5, 0.6) is 0 Å². The maximum atomic E-state index is 5.55. The molecule has 1 aliphatic heterocycles. The maximum absolute atomic E-state index is 5.55. The summed E-state index contributed by atoms with van der Waals surface area (Å²) in [4.78, 5) is 15.7. The van der Waals surface area contributed by atoms with Crippen molar-refractivity contribution in [2.24, 2.45) is 10.9 Å². The summed E-state index contributed by atoms with van der Waals surface area (Å²) in [5, 5.41) is 3.78. The Labute approximate surface area is 309 Å². The highest BCUT2D eigenvalue weighted by Crippen LogP contribution is 2.44. The maximum Gasteiger partial charge on any atom is 0.160 e. The number of hydrogen-bond acceptors (Lipinski definition) is 3. The van der Waals surface area contributed by atoms with Gasteiger partial charge in [0, 0.05) is 22.8 Å². The predicted octanol–water partition coefficient (Wildman–Crippen LogP) is 10.2. The average Bonchev–Trinajstić information content (AvgIpc) is 3.58. The molecule has 7 aromatic rings. The second kappa shape index (κ2) is 13.3. The first-order valence-corrected chi connectivity index (χ1v) is 18.6. The van der Waals surface area contributed by atoms with Gasteiger partial charge in [0.25, 0.3) is 0 Å². The minimum Gasteiger partial charge on any atom is -0.280 e. The Bertz CT molecular complexity index is 2720. The van der Waals surface area contributed by atoms with Gasteiger partial charge in [-0.3, -0.25) is 4.99 Å². The number of hydrogen-bond donors (Lipinski definition) is 0. The first-order valence-electron chi connectivity index (χ1n) is 18.6. The topological polar surface area (TPSA) is 38.1 Å². The van der Waals surface area contributed by atoms with Gasteiger partial charge in [-0.2, -0.15) is 0 Å². The molecule has 0 fully saturated rings. The zero-order valence-corrected chi connectivity index (χ0v) is 29.3. The molecule has 3 nitrogen and oxygen atoms in total. The van der Waals surface area contributed by atoms with Crippen LogP contribution in [-0.4, -0.2) is 15.7 Å². The fourth-order valence-corrected chi connectivity index (χ4v) is 8.52. The smallest absolute Gasteiger partial charge is 0.160 e. The summed E-state index contributed by atoms with van der Waals surface area (Å²) < 4.78 is 0. The summed E-state index contributed by atoms with van der Waals surface area (Å²) in [6, 6.07) is 56.8. The van der Waals surface area contributed by atoms with E-state index in [9.17, 15) is 0 Å². The number of benzene rings is 6. The lowest BCUT2D eigenvalue weighted by Gasteiger charge is -2.31. The van der Waals surface area contributed by atoms with E-state index < -0.39 is 0 Å². The molecule has 3 atom stereocenters. The van der Waals surface area contributed by atoms with Crippen molar-refractivity contribution in [3.05, 3.63) is 215 Å². The molecule has 3 aliphatic rings. The summed E-state index contributed by atoms with van der Waals surface area (Å²) in [5.41, 5.74) is 13.1. The van der Waals surface area contributed by atoms with Crippen molar-refractivity contribution in [2.45, 2.75) is 24.8 Å². The SMILES string of the molecule is C1=CCC(c2nc(-c3ccc(-c4cccc(C5=c6ccccc6=C6CC(c7ccccc7)N=C(c7ccccc7)C65)c4)cc3)nc3ccccc23)C=C1. The van der Waals surface area contributed by atoms with E-state index in [0.717, 1.165) is 52.1 Å². The van der Waals surface area contributed by atoms with Gasteiger partial charge in [0.2, 0.25) is 0 Å². The van der Waals surface area contributed by atoms with Gasteiger partial charge in [-0.1, -0.05) is 170 Å². The minimum atomic E-state index is 0.0774. The number of fused-ring (bicyclic) bond motifs is 3. The Morgan fingerprint density at radius 3 is 2.04 bits per heavy atom. The van der Waals surface area contributed by atoms with Crippen molar-refractivity contribution in [3.8, 4) is 22.5 Å². The van der Waals surface area contributed by atoms with Crippen LogP contribution in [0.2, 0.25) is 0 Å². The van der Waals surface area contributed by atoms with E-state index in [1.54, 1.807) is 0 Å². The third-order valence-corrected chi connectivity index (χ3v) is 11.1. The van der Waals surface area contributed by atoms with Crippen LogP contribution in [0.15, 0.2) is 187 Å². The molecule has 0 amide bonds. The molecule has 0 N–H and O–H groups in total. The zero-order valence-electron chi connectivity index (χ0n) is 29.3. The van der Waals surface area contributed by atoms with E-state index in [1.807, 2.05) is 0 Å². The van der Waals surface area contributed by atoms with Crippen molar-refractivity contribution in [2.75, 3.05) is 0 Å². The fraction of sp³-hybridized carbons (Fsp3) is 0.100. The van der Waals surface area contributed by atoms with Gasteiger partial charge >= 0.3 is 0 Å². The Morgan fingerprint density at radius 1 is 0.528 bits per heavy atom. The van der Waals surface area contributed by atoms with Crippen LogP contribution < -0.4 is 10.4 Å². The van der Waals surface area contributed by atoms with Gasteiger partial charge in [0.05, 0.1) is 23.0 Å². The first-order chi connectivity index (χ1) is 26.3. The molecule has 6 aromatic carbocycles. The zero-order chi connectivity index (χ0) is 35.1. The van der Waals surface area contributed by atoms with Crippen LogP contribution in [0.25, 0.3) is 44.6 Å². The number of aromatic nitrogens is 2. The molecule has 2 aliphatic carbocycles. The quantitative estimate of drug-likeness (QED) is 0.176. The van der Waals surface area contributed by atoms with Gasteiger partial charge in [-0.05, 0) is 74.4 Å². The second-order valence-corrected chi connectivity index (χ2v) is 14.2. The van der Waals surface area contributed by atoms with Gasteiger partial charge in [0.15, 0.2) is 5.82 Å². The third-order valence-electron chi connectivity index (χ3n) is 11.1. The first kappa shape index (κ1) is 31.3. The summed E-state index contributed by atoms with van der Waals surface area (Å²) in [5.74, 6) is 1.09. The molecule has 0 bridgehead atoms. The number of aliphatic imine (C=N–C) groups is 1. The molecule has 53 heavy (non-hydrogen) atoms. The van der Waals surface area contributed by atoms with E-state index in [0.29, 0.717) is 0 Å². The highest BCUT2D eigenvalue weighted by atomic mass is 14.9. The molecule has 1 aromatic heterocycles. The van der Waals surface area contributed by atoms with Crippen LogP contribution in [-0.2, 0) is 0 Å². The molecule has 252 valence electrons. The third kappa shape index (κ3) is 5.66. The monoisotopic (exact) mass is 679 g/mol. The molecule has 3 heteroatoms. The van der Waals surface area contributed by atoms with E-state index in [1.165, 1.54) is 43.8 Å². The number of nitrogens with zero attached hydrogens (tertiary/aromatic N) is 3. The summed E-state index contributed by atoms with van der Waals surface area (Å²) >= 11 is 0. The minimum absolute atomic E-state index is 0.0774. The Balaban J connectivity index is 1.05. The van der Waals surface area contributed by atoms with E-state index in [4.69, 9.17) is 15.0 Å². The van der Waals surface area contributed by atoms with Crippen LogP contribution >= 0.6 is 0 Å². The van der Waals surface area contributed by atoms with Crippen molar-refractivity contribution >= 4 is 27.8 Å². The Hall–Kier alpha value is -6.45. The summed E-state index contributed by atoms with van der Waals surface area (Å²) in [6.45, 7) is 0. The highest BCUT2D eigenvalue weighted by Gasteiger charge is 2.37. The standard InChI is InChI=1S/C50H37N3/c1-4-15-34(16-5-1)45-32-43-40-23-10-11-24-41(40)46(47(43)49(51-45)36-19-8-3-9-20-36)39-22-14-21-38(31-39)33-27-29-37(30-28-33)50-52-44-26-13-12-25-42(44)48(53-50)35-17-6-2-7-18-35/h1-17,19-31,35,45,47H,18,32H2. The number of rotatable bonds is 6. The number of allylic oxidation sites excluding steroid dienone is 4. The van der Waals surface area contributed by atoms with Crippen molar-refractivity contribution in [1.82, 2.24) is 9.97 Å². The molecular weight excluding hydrogens is 643 g/mol. The van der Waals surface area contributed by atoms with E-state index in [-0.39, 0.29) is 17.9 Å². The number of para-hydroxylation sites is 1. The summed E-state index contributed by atoms with van der Waals surface area (Å²) in [6.07, 6.45) is 10.6. The largest absolute Gasteiger partial charge is 0.280 e. The lowest BCUT2D eigenvalue weighted by Crippen LogP contribution is -2.26. The van der Waals surface area contributed by atoms with Gasteiger partial charge in [-0.25, -0.2) is 9.97 Å². The molecular formula is C50H37N3. The Morgan fingerprint density at radius 2 is 1.23 bits per heavy atom. The van der Waals surface area contributed by atoms with E-state index >= 15 is 0 Å². The lowest BCUT2D eigenvalue weighted by atomic mass is 9.77. The molecule has 10 rings (SSSR count). The van der Waals surface area contributed by atoms with Crippen LogP contribution in [0, 0.1) is 5.92 Å². The lowest BCUT2D eigenvalue weighted by molar-refractivity contribution is 0.710. The average molecular weight is 680 g/mol. The highest BCUT2D eigenvalue weighted by molar-refractivity contribution is 6.15. The van der Waals surface area contributed by atoms with Gasteiger partial charge < -0.3 is 0 Å². The van der Waals surface area contributed by atoms with Gasteiger partial charge in [0.1, 0.15) is 0 Å². The van der Waals surface area contributed by atoms with Crippen molar-refractivity contribution in [1.29, 1.82) is 0 Å². The fourth-order valence-electron chi connectivity index (χ4n) is 8.52. The van der Waals surface area contributed by atoms with Crippen LogP contribution in [0.4, 0.5) is 0 Å². The molecule has 3 unspecified atom stereocenters. The normalized spacial score (nSPS) is 18.9.